The maximum atomic E-state index is 13.1. The highest BCUT2D eigenvalue weighted by molar-refractivity contribution is 5.74. The third kappa shape index (κ3) is 42.5. The van der Waals surface area contributed by atoms with Crippen LogP contribution in [-0.2, 0) is 42.9 Å². The Bertz CT molecular complexity index is 1660. The van der Waals surface area contributed by atoms with Crippen LogP contribution in [0, 0.1) is 0 Å². The van der Waals surface area contributed by atoms with Gasteiger partial charge in [-0.05, 0) is 96.3 Å². The molecule has 1 aliphatic rings. The molecule has 1 saturated heterocycles. The highest BCUT2D eigenvalue weighted by atomic mass is 16.7. The fourth-order valence-corrected chi connectivity index (χ4v) is 8.78. The maximum absolute atomic E-state index is 13.1. The van der Waals surface area contributed by atoms with E-state index in [0.717, 1.165) is 103 Å². The molecule has 1 aliphatic heterocycles. The number of hydrogen-bond donors (Lipinski definition) is 3. The molecule has 0 spiro atoms. The van der Waals surface area contributed by atoms with Crippen molar-refractivity contribution in [2.24, 2.45) is 0 Å². The number of esters is 3. The van der Waals surface area contributed by atoms with Crippen molar-refractivity contribution in [1.82, 2.24) is 0 Å². The van der Waals surface area contributed by atoms with Crippen molar-refractivity contribution in [1.29, 1.82) is 0 Å². The summed E-state index contributed by atoms with van der Waals surface area (Å²) < 4.78 is 28.4. The lowest BCUT2D eigenvalue weighted by molar-refractivity contribution is -0.301. The number of aliphatic carboxylic acids is 1. The van der Waals surface area contributed by atoms with Crippen molar-refractivity contribution >= 4 is 23.9 Å². The number of hydrogen-bond acceptors (Lipinski definition) is 11. The van der Waals surface area contributed by atoms with E-state index in [9.17, 15) is 34.5 Å². The molecule has 0 aromatic rings. The molecule has 0 aromatic heterocycles. The lowest BCUT2D eigenvalue weighted by atomic mass is 9.98. The van der Waals surface area contributed by atoms with Crippen molar-refractivity contribution in [3.8, 4) is 0 Å². The summed E-state index contributed by atoms with van der Waals surface area (Å²) in [5.74, 6) is -3.17. The number of rotatable bonds is 51. The summed E-state index contributed by atoms with van der Waals surface area (Å²) in [5.41, 5.74) is 0. The van der Waals surface area contributed by atoms with Gasteiger partial charge in [0.1, 0.15) is 18.8 Å². The minimum atomic E-state index is -1.92. The van der Waals surface area contributed by atoms with E-state index in [2.05, 4.69) is 106 Å². The first-order valence-corrected chi connectivity index (χ1v) is 30.6. The van der Waals surface area contributed by atoms with Crippen LogP contribution in [0.2, 0.25) is 0 Å². The first-order valence-electron chi connectivity index (χ1n) is 30.6. The fraction of sp³-hybridized carbons (Fsp3) is 0.723. The third-order valence-corrected chi connectivity index (χ3v) is 13.5. The second-order valence-electron chi connectivity index (χ2n) is 20.6. The Morgan fingerprint density at radius 2 is 0.818 bits per heavy atom. The summed E-state index contributed by atoms with van der Waals surface area (Å²) in [6, 6.07) is 0. The van der Waals surface area contributed by atoms with Gasteiger partial charge in [-0.15, -0.1) is 0 Å². The van der Waals surface area contributed by atoms with Gasteiger partial charge in [0.05, 0.1) is 6.61 Å². The van der Waals surface area contributed by atoms with Crippen molar-refractivity contribution in [3.05, 3.63) is 85.1 Å². The van der Waals surface area contributed by atoms with Crippen molar-refractivity contribution in [3.63, 3.8) is 0 Å². The summed E-state index contributed by atoms with van der Waals surface area (Å²) in [4.78, 5) is 51.1. The number of ether oxygens (including phenoxy) is 5. The SMILES string of the molecule is CC/C=C\C/C=C\C/C=C\C/C=C\C/C=C\CCCCCC(=O)OC1C(OCC(COC(=O)CCCCCCCCCCC/C=C\C/C=C\CCCCC)OC(=O)CCCCCCCCCCC)OC(C(=O)O)C(O)C1O. The average molecular weight is 1080 g/mol. The number of carboxylic acid groups (broad SMARTS) is 1. The smallest absolute Gasteiger partial charge is 0.335 e. The molecular weight excluding hydrogens is 973 g/mol. The Morgan fingerprint density at radius 1 is 0.442 bits per heavy atom. The van der Waals surface area contributed by atoms with Crippen LogP contribution in [0.1, 0.15) is 252 Å². The summed E-state index contributed by atoms with van der Waals surface area (Å²) in [6.07, 6.45) is 55.6. The number of aliphatic hydroxyl groups excluding tert-OH is 2. The van der Waals surface area contributed by atoms with E-state index in [1.807, 2.05) is 0 Å². The van der Waals surface area contributed by atoms with E-state index >= 15 is 0 Å². The molecule has 0 bridgehead atoms. The van der Waals surface area contributed by atoms with Gasteiger partial charge in [-0.1, -0.05) is 221 Å². The van der Waals surface area contributed by atoms with Crippen molar-refractivity contribution < 1.29 is 58.2 Å². The molecular formula is C65H108O12. The third-order valence-electron chi connectivity index (χ3n) is 13.5. The molecule has 0 saturated carbocycles. The summed E-state index contributed by atoms with van der Waals surface area (Å²) in [6.45, 7) is 5.82. The highest BCUT2D eigenvalue weighted by Gasteiger charge is 2.50. The van der Waals surface area contributed by atoms with Crippen LogP contribution in [-0.4, -0.2) is 89.2 Å². The zero-order valence-corrected chi connectivity index (χ0v) is 48.4. The number of allylic oxidation sites excluding steroid dienone is 14. The van der Waals surface area contributed by atoms with Crippen LogP contribution < -0.4 is 0 Å². The second-order valence-corrected chi connectivity index (χ2v) is 20.6. The minimum absolute atomic E-state index is 0.0192. The Hall–Kier alpha value is -4.10. The predicted octanol–water partition coefficient (Wildman–Crippen LogP) is 15.9. The molecule has 0 aliphatic carbocycles. The first-order chi connectivity index (χ1) is 37.6. The van der Waals surface area contributed by atoms with E-state index in [1.54, 1.807) is 0 Å². The minimum Gasteiger partial charge on any atom is -0.479 e. The molecule has 1 fully saturated rings. The number of carbonyl (C=O) groups excluding carboxylic acids is 3. The van der Waals surface area contributed by atoms with Crippen LogP contribution in [0.4, 0.5) is 0 Å². The van der Waals surface area contributed by atoms with E-state index < -0.39 is 67.3 Å². The van der Waals surface area contributed by atoms with Crippen LogP contribution in [0.3, 0.4) is 0 Å². The van der Waals surface area contributed by atoms with Crippen molar-refractivity contribution in [2.75, 3.05) is 13.2 Å². The molecule has 12 heteroatoms. The molecule has 6 atom stereocenters. The summed E-state index contributed by atoms with van der Waals surface area (Å²) in [7, 11) is 0. The highest BCUT2D eigenvalue weighted by Crippen LogP contribution is 2.26. The van der Waals surface area contributed by atoms with E-state index in [0.29, 0.717) is 19.3 Å². The Labute approximate surface area is 467 Å². The van der Waals surface area contributed by atoms with Gasteiger partial charge in [0.15, 0.2) is 24.6 Å². The summed E-state index contributed by atoms with van der Waals surface area (Å²) >= 11 is 0. The van der Waals surface area contributed by atoms with Crippen LogP contribution >= 0.6 is 0 Å². The molecule has 12 nitrogen and oxygen atoms in total. The lowest BCUT2D eigenvalue weighted by Crippen LogP contribution is -2.61. The van der Waals surface area contributed by atoms with Gasteiger partial charge in [0, 0.05) is 19.3 Å². The lowest BCUT2D eigenvalue weighted by Gasteiger charge is -2.40. The molecule has 0 amide bonds. The number of carbonyl (C=O) groups is 4. The molecule has 6 unspecified atom stereocenters. The quantitative estimate of drug-likeness (QED) is 0.0228. The summed E-state index contributed by atoms with van der Waals surface area (Å²) in [5, 5.41) is 31.5. The van der Waals surface area contributed by atoms with Crippen LogP contribution in [0.25, 0.3) is 0 Å². The largest absolute Gasteiger partial charge is 0.479 e. The standard InChI is InChI=1S/C65H108O12/c1-4-7-10-13-16-19-21-23-25-27-29-31-33-35-37-40-42-45-48-51-57(66)73-54-56(75-58(67)52-49-46-43-39-18-15-12-9-6-3)55-74-65-63(61(70)60(69)62(77-65)64(71)72)76-59(68)53-50-47-44-41-38-36-34-32-30-28-26-24-22-20-17-14-11-8-5-2/h8,11,16-17,19-20,23-26,30,32,36,38,56,60-63,65,69-70H,4-7,9-10,12-15,18,21-22,27-29,31,33-35,37,39-55H2,1-3H3,(H,71,72)/b11-8-,19-16-,20-17-,25-23-,26-24-,32-30-,38-36-. The van der Waals surface area contributed by atoms with Crippen LogP contribution in [0.15, 0.2) is 85.1 Å². The molecule has 3 N–H and O–H groups in total. The van der Waals surface area contributed by atoms with E-state index in [4.69, 9.17) is 23.7 Å². The van der Waals surface area contributed by atoms with Gasteiger partial charge in [-0.2, -0.15) is 0 Å². The van der Waals surface area contributed by atoms with E-state index in [-0.39, 0.29) is 25.9 Å². The average Bonchev–Trinajstić information content (AvgIpc) is 3.42. The molecule has 1 rings (SSSR count). The van der Waals surface area contributed by atoms with Crippen LogP contribution in [0.5, 0.6) is 0 Å². The maximum Gasteiger partial charge on any atom is 0.335 e. The molecule has 0 aromatic carbocycles. The number of carboxylic acids is 1. The van der Waals surface area contributed by atoms with Gasteiger partial charge in [-0.25, -0.2) is 4.79 Å². The van der Waals surface area contributed by atoms with Gasteiger partial charge in [0.25, 0.3) is 0 Å². The second kappa shape index (κ2) is 52.6. The van der Waals surface area contributed by atoms with Gasteiger partial charge in [-0.3, -0.25) is 14.4 Å². The fourth-order valence-electron chi connectivity index (χ4n) is 8.78. The normalized spacial score (nSPS) is 18.6. The predicted molar refractivity (Wildman–Crippen MR) is 312 cm³/mol. The van der Waals surface area contributed by atoms with Crippen molar-refractivity contribution in [2.45, 2.75) is 289 Å². The Balaban J connectivity index is 2.64. The van der Waals surface area contributed by atoms with E-state index in [1.165, 1.54) is 89.9 Å². The molecule has 77 heavy (non-hydrogen) atoms. The zero-order chi connectivity index (χ0) is 56.1. The van der Waals surface area contributed by atoms with Gasteiger partial charge < -0.3 is 39.0 Å². The Kier molecular flexibility index (Phi) is 48.4. The van der Waals surface area contributed by atoms with Gasteiger partial charge >= 0.3 is 23.9 Å². The Morgan fingerprint density at radius 3 is 1.29 bits per heavy atom. The first kappa shape index (κ1) is 70.9. The molecule has 440 valence electrons. The topological polar surface area (TPSA) is 175 Å². The number of unbranched alkanes of at least 4 members (excludes halogenated alkanes) is 23. The zero-order valence-electron chi connectivity index (χ0n) is 48.4. The number of aliphatic hydroxyl groups is 2. The molecule has 0 radical (unpaired) electrons. The van der Waals surface area contributed by atoms with Gasteiger partial charge in [0.2, 0.25) is 0 Å². The molecule has 1 heterocycles. The monoisotopic (exact) mass is 1080 g/mol.